The third-order valence-corrected chi connectivity index (χ3v) is 5.62. The van der Waals surface area contributed by atoms with Crippen LogP contribution in [0.3, 0.4) is 0 Å². The smallest absolute Gasteiger partial charge is 0.240 e. The molecule has 1 heterocycles. The number of hydrogen-bond donors (Lipinski definition) is 2. The van der Waals surface area contributed by atoms with Gasteiger partial charge in [0, 0.05) is 25.0 Å². The number of ether oxygens (including phenoxy) is 1. The molecule has 1 saturated heterocycles. The van der Waals surface area contributed by atoms with E-state index in [1.54, 1.807) is 0 Å². The molecule has 24 heavy (non-hydrogen) atoms. The minimum atomic E-state index is -0.794. The Hall–Kier alpha value is -0.0700. The molecule has 2 rings (SSSR count). The monoisotopic (exact) mass is 383 g/mol. The van der Waals surface area contributed by atoms with Crippen LogP contribution in [0.2, 0.25) is 0 Å². The fourth-order valence-electron chi connectivity index (χ4n) is 3.67. The maximum atomic E-state index is 12.5. The van der Waals surface area contributed by atoms with E-state index in [-0.39, 0.29) is 42.2 Å². The first-order valence-electron chi connectivity index (χ1n) is 8.83. The highest BCUT2D eigenvalue weighted by Gasteiger charge is 2.62. The zero-order valence-corrected chi connectivity index (χ0v) is 16.9. The van der Waals surface area contributed by atoms with Crippen LogP contribution in [0, 0.1) is 5.41 Å². The molecular weight excluding hydrogens is 349 g/mol. The summed E-state index contributed by atoms with van der Waals surface area (Å²) in [5.74, 6) is -0.0212. The number of halogens is 2. The molecule has 1 aliphatic carbocycles. The van der Waals surface area contributed by atoms with Crippen molar-refractivity contribution in [2.75, 3.05) is 32.8 Å². The largest absolute Gasteiger partial charge is 0.378 e. The van der Waals surface area contributed by atoms with Crippen LogP contribution in [0.25, 0.3) is 0 Å². The Morgan fingerprint density at radius 3 is 2.42 bits per heavy atom. The molecule has 2 atom stereocenters. The van der Waals surface area contributed by atoms with Crippen LogP contribution in [-0.2, 0) is 9.53 Å². The molecule has 0 bridgehead atoms. The molecule has 2 unspecified atom stereocenters. The van der Waals surface area contributed by atoms with Gasteiger partial charge in [0.2, 0.25) is 5.91 Å². The molecule has 144 valence electrons. The summed E-state index contributed by atoms with van der Waals surface area (Å²) in [5.41, 5.74) is 5.27. The van der Waals surface area contributed by atoms with Crippen LogP contribution >= 0.6 is 24.8 Å². The highest BCUT2D eigenvalue weighted by atomic mass is 35.5. The van der Waals surface area contributed by atoms with Gasteiger partial charge in [0.15, 0.2) is 0 Å². The van der Waals surface area contributed by atoms with Gasteiger partial charge in [-0.15, -0.1) is 24.8 Å². The van der Waals surface area contributed by atoms with E-state index in [9.17, 15) is 4.79 Å². The molecule has 5 nitrogen and oxygen atoms in total. The molecule has 0 aromatic rings. The van der Waals surface area contributed by atoms with Gasteiger partial charge in [-0.1, -0.05) is 20.3 Å². The first kappa shape index (κ1) is 23.9. The van der Waals surface area contributed by atoms with Crippen LogP contribution in [0.4, 0.5) is 0 Å². The lowest BCUT2D eigenvalue weighted by Gasteiger charge is -2.57. The predicted octanol–water partition coefficient (Wildman–Crippen LogP) is 2.35. The summed E-state index contributed by atoms with van der Waals surface area (Å²) >= 11 is 0. The van der Waals surface area contributed by atoms with Crippen LogP contribution in [-0.4, -0.2) is 55.2 Å². The van der Waals surface area contributed by atoms with Crippen LogP contribution < -0.4 is 11.1 Å². The summed E-state index contributed by atoms with van der Waals surface area (Å²) in [6.07, 6.45) is 5.68. The average Bonchev–Trinajstić information content (AvgIpc) is 2.52. The maximum Gasteiger partial charge on any atom is 0.240 e. The van der Waals surface area contributed by atoms with Gasteiger partial charge in [0.1, 0.15) is 5.54 Å². The summed E-state index contributed by atoms with van der Waals surface area (Å²) in [7, 11) is 0. The molecule has 1 saturated carbocycles. The van der Waals surface area contributed by atoms with E-state index < -0.39 is 5.54 Å². The van der Waals surface area contributed by atoms with Crippen molar-refractivity contribution < 1.29 is 9.53 Å². The molecule has 0 spiro atoms. The molecular formula is C17H35Cl2N3O2. The Bertz CT molecular complexity index is 390. The van der Waals surface area contributed by atoms with Gasteiger partial charge in [-0.05, 0) is 45.8 Å². The second-order valence-electron chi connectivity index (χ2n) is 7.35. The average molecular weight is 384 g/mol. The number of nitrogens with zero attached hydrogens (tertiary/aromatic N) is 1. The zero-order valence-electron chi connectivity index (χ0n) is 15.3. The molecule has 1 amide bonds. The standard InChI is InChI=1S/C17H33N3O2.2ClH/c1-4-22-14-13-17(18,16(14,2)3)15(21)19-9-8-12-20-10-6-5-7-11-20;;/h14H,4-13,18H2,1-3H3,(H,19,21);2*1H. The van der Waals surface area contributed by atoms with E-state index in [1.165, 1.54) is 32.4 Å². The molecule has 2 aliphatic rings. The van der Waals surface area contributed by atoms with Crippen LogP contribution in [0.1, 0.15) is 52.9 Å². The molecule has 0 aromatic carbocycles. The molecule has 0 radical (unpaired) electrons. The molecule has 1 aliphatic heterocycles. The number of nitrogens with two attached hydrogens (primary N) is 1. The number of hydrogen-bond acceptors (Lipinski definition) is 4. The molecule has 7 heteroatoms. The van der Waals surface area contributed by atoms with Crippen molar-refractivity contribution in [2.24, 2.45) is 11.1 Å². The van der Waals surface area contributed by atoms with Gasteiger partial charge in [-0.25, -0.2) is 0 Å². The van der Waals surface area contributed by atoms with Crippen molar-refractivity contribution >= 4 is 30.7 Å². The topological polar surface area (TPSA) is 67.6 Å². The third-order valence-electron chi connectivity index (χ3n) is 5.62. The van der Waals surface area contributed by atoms with Gasteiger partial charge in [0.05, 0.1) is 6.10 Å². The minimum absolute atomic E-state index is 0. The highest BCUT2D eigenvalue weighted by molar-refractivity contribution is 5.88. The van der Waals surface area contributed by atoms with Crippen molar-refractivity contribution in [1.82, 2.24) is 10.2 Å². The minimum Gasteiger partial charge on any atom is -0.378 e. The summed E-state index contributed by atoms with van der Waals surface area (Å²) in [5, 5.41) is 3.04. The van der Waals surface area contributed by atoms with Crippen molar-refractivity contribution in [2.45, 2.75) is 64.5 Å². The van der Waals surface area contributed by atoms with E-state index >= 15 is 0 Å². The predicted molar refractivity (Wildman–Crippen MR) is 103 cm³/mol. The summed E-state index contributed by atoms with van der Waals surface area (Å²) in [4.78, 5) is 15.0. The lowest BCUT2D eigenvalue weighted by atomic mass is 9.54. The van der Waals surface area contributed by atoms with E-state index in [4.69, 9.17) is 10.5 Å². The summed E-state index contributed by atoms with van der Waals surface area (Å²) in [6, 6.07) is 0. The van der Waals surface area contributed by atoms with E-state index in [0.717, 1.165) is 13.0 Å². The van der Waals surface area contributed by atoms with Crippen molar-refractivity contribution in [1.29, 1.82) is 0 Å². The van der Waals surface area contributed by atoms with Crippen molar-refractivity contribution in [3.63, 3.8) is 0 Å². The van der Waals surface area contributed by atoms with Gasteiger partial charge < -0.3 is 20.7 Å². The van der Waals surface area contributed by atoms with Gasteiger partial charge in [-0.3, -0.25) is 4.79 Å². The van der Waals surface area contributed by atoms with E-state index in [2.05, 4.69) is 10.2 Å². The fourth-order valence-corrected chi connectivity index (χ4v) is 3.67. The van der Waals surface area contributed by atoms with Crippen molar-refractivity contribution in [3.05, 3.63) is 0 Å². The Morgan fingerprint density at radius 1 is 1.25 bits per heavy atom. The van der Waals surface area contributed by atoms with E-state index in [0.29, 0.717) is 19.6 Å². The normalized spacial score (nSPS) is 28.9. The Kier molecular flexibility index (Phi) is 10.1. The SMILES string of the molecule is CCOC1CC(N)(C(=O)NCCCN2CCCCC2)C1(C)C.Cl.Cl. The number of carbonyl (C=O) groups is 1. The summed E-state index contributed by atoms with van der Waals surface area (Å²) < 4.78 is 5.68. The third kappa shape index (κ3) is 4.98. The molecule has 0 aromatic heterocycles. The second-order valence-corrected chi connectivity index (χ2v) is 7.35. The highest BCUT2D eigenvalue weighted by Crippen LogP contribution is 2.49. The van der Waals surface area contributed by atoms with Crippen LogP contribution in [0.5, 0.6) is 0 Å². The number of carbonyl (C=O) groups excluding carboxylic acids is 1. The number of nitrogens with one attached hydrogen (secondary N) is 1. The Morgan fingerprint density at radius 2 is 1.88 bits per heavy atom. The lowest BCUT2D eigenvalue weighted by Crippen LogP contribution is -2.75. The Balaban J connectivity index is 0.00000264. The van der Waals surface area contributed by atoms with Crippen molar-refractivity contribution in [3.8, 4) is 0 Å². The first-order chi connectivity index (χ1) is 10.4. The lowest BCUT2D eigenvalue weighted by molar-refractivity contribution is -0.170. The molecule has 2 fully saturated rings. The quantitative estimate of drug-likeness (QED) is 0.662. The number of piperidine rings is 1. The van der Waals surface area contributed by atoms with Crippen LogP contribution in [0.15, 0.2) is 0 Å². The Labute approximate surface area is 159 Å². The van der Waals surface area contributed by atoms with Gasteiger partial charge in [-0.2, -0.15) is 0 Å². The van der Waals surface area contributed by atoms with E-state index in [1.807, 2.05) is 20.8 Å². The number of rotatable bonds is 7. The number of amides is 1. The number of likely N-dealkylation sites (tertiary alicyclic amines) is 1. The maximum absolute atomic E-state index is 12.5. The fraction of sp³-hybridized carbons (Fsp3) is 0.941. The second kappa shape index (κ2) is 10.2. The summed E-state index contributed by atoms with van der Waals surface area (Å²) in [6.45, 7) is 10.9. The molecule has 3 N–H and O–H groups in total. The zero-order chi connectivity index (χ0) is 16.2. The van der Waals surface area contributed by atoms with Gasteiger partial charge in [0.25, 0.3) is 0 Å². The van der Waals surface area contributed by atoms with Gasteiger partial charge >= 0.3 is 0 Å². The first-order valence-corrected chi connectivity index (χ1v) is 8.83.